The number of benzene rings is 3. The molecule has 0 radical (unpaired) electrons. The maximum atomic E-state index is 14.0. The van der Waals surface area contributed by atoms with Gasteiger partial charge in [-0.15, -0.1) is 0 Å². The van der Waals surface area contributed by atoms with E-state index in [2.05, 4.69) is 10.6 Å². The van der Waals surface area contributed by atoms with Crippen molar-refractivity contribution in [3.05, 3.63) is 94.3 Å². The Kier molecular flexibility index (Phi) is 8.42. The summed E-state index contributed by atoms with van der Waals surface area (Å²) in [5, 5.41) is 35.2. The fourth-order valence-electron chi connectivity index (χ4n) is 5.97. The number of fused-ring (bicyclic) bond motifs is 2. The van der Waals surface area contributed by atoms with Gasteiger partial charge in [-0.1, -0.05) is 24.3 Å². The molecule has 0 aliphatic carbocycles. The van der Waals surface area contributed by atoms with Crippen molar-refractivity contribution < 1.29 is 48.0 Å². The number of hydrogen-bond donors (Lipinski definition) is 5. The second-order valence-electron chi connectivity index (χ2n) is 11.2. The highest BCUT2D eigenvalue weighted by molar-refractivity contribution is 6.62. The molecule has 15 heteroatoms. The fourth-order valence-corrected chi connectivity index (χ4v) is 5.97. The SMILES string of the molecule is O=C(O)C[C@H](NC(=O)[C@@H]1C[C@@H](NC(=O)c2ccc3c(c2)B(O)OC3)CN1C(=O)c1ccc2c(c1)B(O)OC2)c1cccc(F)c1. The number of amides is 3. The molecule has 12 nitrogen and oxygen atoms in total. The number of halogens is 1. The summed E-state index contributed by atoms with van der Waals surface area (Å²) in [4.78, 5) is 53.7. The van der Waals surface area contributed by atoms with Gasteiger partial charge in [0.15, 0.2) is 0 Å². The number of likely N-dealkylation sites (tertiary alicyclic amines) is 1. The lowest BCUT2D eigenvalue weighted by Crippen LogP contribution is -2.47. The fraction of sp³-hybridized carbons (Fsp3) is 0.267. The van der Waals surface area contributed by atoms with Crippen LogP contribution in [0.15, 0.2) is 60.7 Å². The second kappa shape index (κ2) is 12.4. The van der Waals surface area contributed by atoms with Gasteiger partial charge in [-0.3, -0.25) is 19.2 Å². The standard InChI is InChI=1S/C30H28B2FN3O9/c33-21-3-1-2-16(8-21)25(12-27(37)38)35-29(40)26-11-22(34-28(39)17-4-6-19-14-44-31(42)23(19)9-17)13-36(26)30(41)18-5-7-20-15-45-32(43)24(20)10-18/h1-10,22,25-26,42-43H,11-15H2,(H,34,39)(H,35,40)(H,37,38)/t22-,25+,26+/m1/s1. The maximum Gasteiger partial charge on any atom is 0.491 e. The number of aliphatic carboxylic acids is 1. The zero-order valence-electron chi connectivity index (χ0n) is 23.8. The molecule has 3 amide bonds. The number of rotatable bonds is 8. The first-order valence-corrected chi connectivity index (χ1v) is 14.3. The van der Waals surface area contributed by atoms with Crippen LogP contribution in [0.1, 0.15) is 56.3 Å². The van der Waals surface area contributed by atoms with Crippen molar-refractivity contribution >= 4 is 48.9 Å². The van der Waals surface area contributed by atoms with Crippen LogP contribution in [0.3, 0.4) is 0 Å². The second-order valence-corrected chi connectivity index (χ2v) is 11.2. The summed E-state index contributed by atoms with van der Waals surface area (Å²) in [5.41, 5.74) is 3.06. The Morgan fingerprint density at radius 3 is 2.22 bits per heavy atom. The van der Waals surface area contributed by atoms with Gasteiger partial charge in [0.2, 0.25) is 5.91 Å². The van der Waals surface area contributed by atoms with Crippen molar-refractivity contribution in [3.8, 4) is 0 Å². The molecule has 0 saturated carbocycles. The predicted octanol–water partition coefficient (Wildman–Crippen LogP) is -0.394. The predicted molar refractivity (Wildman–Crippen MR) is 158 cm³/mol. The van der Waals surface area contributed by atoms with E-state index in [0.29, 0.717) is 10.9 Å². The van der Waals surface area contributed by atoms with Crippen LogP contribution < -0.4 is 21.6 Å². The van der Waals surface area contributed by atoms with Gasteiger partial charge in [-0.05, 0) is 70.4 Å². The maximum absolute atomic E-state index is 14.0. The lowest BCUT2D eigenvalue weighted by atomic mass is 9.78. The van der Waals surface area contributed by atoms with Crippen LogP contribution in [0.25, 0.3) is 0 Å². The molecule has 3 aliphatic heterocycles. The normalized spacial score (nSPS) is 19.2. The van der Waals surface area contributed by atoms with Gasteiger partial charge in [0.25, 0.3) is 11.8 Å². The van der Waals surface area contributed by atoms with E-state index in [1.54, 1.807) is 24.3 Å². The molecule has 1 fully saturated rings. The minimum atomic E-state index is -1.22. The summed E-state index contributed by atoms with van der Waals surface area (Å²) in [6, 6.07) is 11.8. The topological polar surface area (TPSA) is 175 Å². The minimum absolute atomic E-state index is 0.000388. The number of hydrogen-bond acceptors (Lipinski definition) is 8. The Morgan fingerprint density at radius 2 is 1.58 bits per heavy atom. The third-order valence-corrected chi connectivity index (χ3v) is 8.27. The first-order chi connectivity index (χ1) is 21.6. The van der Waals surface area contributed by atoms with Crippen LogP contribution in [0, 0.1) is 5.82 Å². The number of carboxylic acids is 1. The zero-order chi connectivity index (χ0) is 31.8. The van der Waals surface area contributed by atoms with Crippen LogP contribution >= 0.6 is 0 Å². The Morgan fingerprint density at radius 1 is 0.933 bits per heavy atom. The van der Waals surface area contributed by atoms with E-state index >= 15 is 0 Å². The highest BCUT2D eigenvalue weighted by Crippen LogP contribution is 2.25. The van der Waals surface area contributed by atoms with Crippen LogP contribution in [-0.4, -0.2) is 76.6 Å². The van der Waals surface area contributed by atoms with Crippen LogP contribution in [0.2, 0.25) is 0 Å². The molecule has 3 aromatic rings. The number of nitrogens with zero attached hydrogens (tertiary/aromatic N) is 1. The van der Waals surface area contributed by atoms with Gasteiger partial charge in [-0.2, -0.15) is 0 Å². The first-order valence-electron chi connectivity index (χ1n) is 14.3. The van der Waals surface area contributed by atoms with E-state index in [9.17, 15) is 38.7 Å². The summed E-state index contributed by atoms with van der Waals surface area (Å²) in [7, 11) is -2.34. The summed E-state index contributed by atoms with van der Waals surface area (Å²) in [5.74, 6) is -3.55. The molecule has 6 rings (SSSR count). The molecule has 0 spiro atoms. The van der Waals surface area contributed by atoms with Crippen LogP contribution in [0.4, 0.5) is 4.39 Å². The molecule has 3 heterocycles. The summed E-state index contributed by atoms with van der Waals surface area (Å²) < 4.78 is 24.4. The Balaban J connectivity index is 1.26. The van der Waals surface area contributed by atoms with Crippen LogP contribution in [-0.2, 0) is 32.1 Å². The molecule has 3 aliphatic rings. The van der Waals surface area contributed by atoms with Crippen molar-refractivity contribution in [3.63, 3.8) is 0 Å². The van der Waals surface area contributed by atoms with E-state index in [4.69, 9.17) is 9.31 Å². The molecule has 0 unspecified atom stereocenters. The molecular formula is C30H28B2FN3O9. The third-order valence-electron chi connectivity index (χ3n) is 8.27. The Bertz CT molecular complexity index is 1690. The highest BCUT2D eigenvalue weighted by atomic mass is 19.1. The summed E-state index contributed by atoms with van der Waals surface area (Å²) in [6.07, 6.45) is -0.535. The molecule has 230 valence electrons. The smallest absolute Gasteiger partial charge is 0.481 e. The molecule has 45 heavy (non-hydrogen) atoms. The van der Waals surface area contributed by atoms with E-state index < -0.39 is 68.3 Å². The lowest BCUT2D eigenvalue weighted by Gasteiger charge is -2.26. The van der Waals surface area contributed by atoms with Crippen molar-refractivity contribution in [2.45, 2.75) is 44.2 Å². The van der Waals surface area contributed by atoms with Gasteiger partial charge < -0.3 is 40.0 Å². The molecule has 1 saturated heterocycles. The summed E-state index contributed by atoms with van der Waals surface area (Å²) >= 11 is 0. The van der Waals surface area contributed by atoms with Gasteiger partial charge in [-0.25, -0.2) is 4.39 Å². The van der Waals surface area contributed by atoms with Crippen LogP contribution in [0.5, 0.6) is 0 Å². The van der Waals surface area contributed by atoms with Crippen molar-refractivity contribution in [2.24, 2.45) is 0 Å². The van der Waals surface area contributed by atoms with E-state index in [1.807, 2.05) is 0 Å². The van der Waals surface area contributed by atoms with Gasteiger partial charge in [0, 0.05) is 23.7 Å². The average Bonchev–Trinajstić information content (AvgIpc) is 3.72. The zero-order valence-corrected chi connectivity index (χ0v) is 23.8. The molecular weight excluding hydrogens is 587 g/mol. The van der Waals surface area contributed by atoms with E-state index in [1.165, 1.54) is 35.2 Å². The third kappa shape index (κ3) is 6.33. The average molecular weight is 615 g/mol. The highest BCUT2D eigenvalue weighted by Gasteiger charge is 2.42. The Labute approximate surface area is 257 Å². The number of nitrogens with one attached hydrogen (secondary N) is 2. The monoisotopic (exact) mass is 615 g/mol. The molecule has 5 N–H and O–H groups in total. The quantitative estimate of drug-likeness (QED) is 0.212. The van der Waals surface area contributed by atoms with Gasteiger partial charge in [0.05, 0.1) is 25.7 Å². The molecule has 0 aromatic heterocycles. The van der Waals surface area contributed by atoms with E-state index in [0.717, 1.165) is 17.2 Å². The lowest BCUT2D eigenvalue weighted by molar-refractivity contribution is -0.138. The largest absolute Gasteiger partial charge is 0.491 e. The number of carboxylic acid groups (broad SMARTS) is 1. The van der Waals surface area contributed by atoms with Crippen molar-refractivity contribution in [1.82, 2.24) is 15.5 Å². The first kappa shape index (κ1) is 30.5. The van der Waals surface area contributed by atoms with Gasteiger partial charge >= 0.3 is 20.2 Å². The molecule has 3 atom stereocenters. The van der Waals surface area contributed by atoms with Crippen molar-refractivity contribution in [1.29, 1.82) is 0 Å². The minimum Gasteiger partial charge on any atom is -0.481 e. The van der Waals surface area contributed by atoms with Crippen molar-refractivity contribution in [2.75, 3.05) is 6.54 Å². The Hall–Kier alpha value is -4.56. The number of carbonyl (C=O) groups excluding carboxylic acids is 3. The van der Waals surface area contributed by atoms with E-state index in [-0.39, 0.29) is 42.9 Å². The van der Waals surface area contributed by atoms with Gasteiger partial charge in [0.1, 0.15) is 11.9 Å². The number of carbonyl (C=O) groups is 4. The molecule has 0 bridgehead atoms. The molecule has 3 aromatic carbocycles. The summed E-state index contributed by atoms with van der Waals surface area (Å²) in [6.45, 7) is 0.350.